The van der Waals surface area contributed by atoms with Gasteiger partial charge in [0.05, 0.1) is 12.6 Å². The Morgan fingerprint density at radius 3 is 2.56 bits per heavy atom. The van der Waals surface area contributed by atoms with Crippen LogP contribution in [-0.2, 0) is 9.53 Å². The SMILES string of the molecule is NCC1CCC(C(=O)NC2CCOC2)CC1. The van der Waals surface area contributed by atoms with Crippen molar-refractivity contribution in [1.29, 1.82) is 0 Å². The average Bonchev–Trinajstić information content (AvgIpc) is 2.82. The Labute approximate surface area is 96.9 Å². The standard InChI is InChI=1S/C12H22N2O2/c13-7-9-1-3-10(4-2-9)12(15)14-11-5-6-16-8-11/h9-11H,1-8,13H2,(H,14,15). The molecule has 1 heterocycles. The third-order valence-corrected chi connectivity index (χ3v) is 3.83. The third kappa shape index (κ3) is 2.95. The van der Waals surface area contributed by atoms with E-state index in [1.165, 1.54) is 0 Å². The molecule has 1 aliphatic carbocycles. The van der Waals surface area contributed by atoms with Gasteiger partial charge in [0.15, 0.2) is 0 Å². The van der Waals surface area contributed by atoms with Crippen molar-refractivity contribution in [2.75, 3.05) is 19.8 Å². The Balaban J connectivity index is 1.73. The van der Waals surface area contributed by atoms with Crippen LogP contribution >= 0.6 is 0 Å². The zero-order chi connectivity index (χ0) is 11.4. The molecule has 1 saturated carbocycles. The lowest BCUT2D eigenvalue weighted by Crippen LogP contribution is -2.40. The molecular formula is C12H22N2O2. The van der Waals surface area contributed by atoms with Crippen molar-refractivity contribution in [1.82, 2.24) is 5.32 Å². The molecule has 0 radical (unpaired) electrons. The number of carbonyl (C=O) groups excluding carboxylic acids is 1. The average molecular weight is 226 g/mol. The largest absolute Gasteiger partial charge is 0.379 e. The molecule has 1 aliphatic heterocycles. The lowest BCUT2D eigenvalue weighted by atomic mass is 9.81. The van der Waals surface area contributed by atoms with Crippen molar-refractivity contribution < 1.29 is 9.53 Å². The summed E-state index contributed by atoms with van der Waals surface area (Å²) in [5.74, 6) is 1.08. The molecular weight excluding hydrogens is 204 g/mol. The van der Waals surface area contributed by atoms with Crippen LogP contribution in [0.1, 0.15) is 32.1 Å². The van der Waals surface area contributed by atoms with Crippen molar-refractivity contribution in [3.63, 3.8) is 0 Å². The van der Waals surface area contributed by atoms with Crippen LogP contribution in [-0.4, -0.2) is 31.7 Å². The van der Waals surface area contributed by atoms with Gasteiger partial charge in [-0.15, -0.1) is 0 Å². The summed E-state index contributed by atoms with van der Waals surface area (Å²) >= 11 is 0. The topological polar surface area (TPSA) is 64.4 Å². The fourth-order valence-corrected chi connectivity index (χ4v) is 2.63. The van der Waals surface area contributed by atoms with E-state index < -0.39 is 0 Å². The molecule has 0 aromatic rings. The van der Waals surface area contributed by atoms with E-state index in [1.807, 2.05) is 0 Å². The van der Waals surface area contributed by atoms with Gasteiger partial charge in [-0.2, -0.15) is 0 Å². The molecule has 0 bridgehead atoms. The maximum atomic E-state index is 12.0. The number of hydrogen-bond acceptors (Lipinski definition) is 3. The maximum absolute atomic E-state index is 12.0. The van der Waals surface area contributed by atoms with E-state index in [9.17, 15) is 4.79 Å². The van der Waals surface area contributed by atoms with Gasteiger partial charge in [-0.1, -0.05) is 0 Å². The number of carbonyl (C=O) groups is 1. The third-order valence-electron chi connectivity index (χ3n) is 3.83. The van der Waals surface area contributed by atoms with Gasteiger partial charge in [-0.3, -0.25) is 4.79 Å². The molecule has 1 unspecified atom stereocenters. The highest BCUT2D eigenvalue weighted by atomic mass is 16.5. The van der Waals surface area contributed by atoms with Gasteiger partial charge >= 0.3 is 0 Å². The van der Waals surface area contributed by atoms with Gasteiger partial charge in [0.25, 0.3) is 0 Å². The summed E-state index contributed by atoms with van der Waals surface area (Å²) in [7, 11) is 0. The number of rotatable bonds is 3. The Kier molecular flexibility index (Phi) is 4.18. The summed E-state index contributed by atoms with van der Waals surface area (Å²) in [6, 6.07) is 0.250. The van der Waals surface area contributed by atoms with Crippen LogP contribution in [0.25, 0.3) is 0 Å². The van der Waals surface area contributed by atoms with Crippen molar-refractivity contribution in [2.45, 2.75) is 38.1 Å². The predicted molar refractivity (Wildman–Crippen MR) is 61.9 cm³/mol. The lowest BCUT2D eigenvalue weighted by Gasteiger charge is -2.27. The normalized spacial score (nSPS) is 34.9. The highest BCUT2D eigenvalue weighted by molar-refractivity contribution is 5.79. The number of ether oxygens (including phenoxy) is 1. The van der Waals surface area contributed by atoms with Gasteiger partial charge < -0.3 is 15.8 Å². The Bertz CT molecular complexity index is 231. The fraction of sp³-hybridized carbons (Fsp3) is 0.917. The van der Waals surface area contributed by atoms with Crippen LogP contribution < -0.4 is 11.1 Å². The monoisotopic (exact) mass is 226 g/mol. The molecule has 1 saturated heterocycles. The number of hydrogen-bond donors (Lipinski definition) is 2. The van der Waals surface area contributed by atoms with E-state index in [2.05, 4.69) is 5.32 Å². The number of nitrogens with two attached hydrogens (primary N) is 1. The fourth-order valence-electron chi connectivity index (χ4n) is 2.63. The number of nitrogens with one attached hydrogen (secondary N) is 1. The summed E-state index contributed by atoms with van der Waals surface area (Å²) in [6.45, 7) is 2.24. The highest BCUT2D eigenvalue weighted by Gasteiger charge is 2.27. The summed E-state index contributed by atoms with van der Waals surface area (Å²) in [6.07, 6.45) is 5.18. The molecule has 92 valence electrons. The van der Waals surface area contributed by atoms with Crippen LogP contribution in [0.4, 0.5) is 0 Å². The second-order valence-corrected chi connectivity index (χ2v) is 5.02. The van der Waals surface area contributed by atoms with Crippen molar-refractivity contribution in [3.05, 3.63) is 0 Å². The van der Waals surface area contributed by atoms with Gasteiger partial charge in [-0.25, -0.2) is 0 Å². The first-order chi connectivity index (χ1) is 7.79. The molecule has 3 N–H and O–H groups in total. The van der Waals surface area contributed by atoms with Crippen molar-refractivity contribution >= 4 is 5.91 Å². The first-order valence-corrected chi connectivity index (χ1v) is 6.37. The first kappa shape index (κ1) is 11.9. The van der Waals surface area contributed by atoms with Gasteiger partial charge in [-0.05, 0) is 44.6 Å². The van der Waals surface area contributed by atoms with Crippen LogP contribution in [0.2, 0.25) is 0 Å². The molecule has 1 amide bonds. The Morgan fingerprint density at radius 1 is 1.25 bits per heavy atom. The van der Waals surface area contributed by atoms with Crippen LogP contribution in [0.15, 0.2) is 0 Å². The minimum absolute atomic E-state index is 0.211. The van der Waals surface area contributed by atoms with E-state index >= 15 is 0 Å². The quantitative estimate of drug-likeness (QED) is 0.743. The smallest absolute Gasteiger partial charge is 0.223 e. The summed E-state index contributed by atoms with van der Waals surface area (Å²) < 4.78 is 5.25. The molecule has 0 spiro atoms. The van der Waals surface area contributed by atoms with E-state index in [1.54, 1.807) is 0 Å². The molecule has 16 heavy (non-hydrogen) atoms. The van der Waals surface area contributed by atoms with E-state index in [-0.39, 0.29) is 17.9 Å². The lowest BCUT2D eigenvalue weighted by molar-refractivity contribution is -0.126. The summed E-state index contributed by atoms with van der Waals surface area (Å²) in [4.78, 5) is 12.0. The zero-order valence-electron chi connectivity index (χ0n) is 9.78. The minimum Gasteiger partial charge on any atom is -0.379 e. The zero-order valence-corrected chi connectivity index (χ0v) is 9.78. The maximum Gasteiger partial charge on any atom is 0.223 e. The highest BCUT2D eigenvalue weighted by Crippen LogP contribution is 2.28. The minimum atomic E-state index is 0.211. The molecule has 4 heteroatoms. The first-order valence-electron chi connectivity index (χ1n) is 6.37. The second kappa shape index (κ2) is 5.64. The summed E-state index contributed by atoms with van der Waals surface area (Å²) in [5.41, 5.74) is 5.64. The van der Waals surface area contributed by atoms with Gasteiger partial charge in [0.1, 0.15) is 0 Å². The molecule has 2 aliphatic rings. The number of amides is 1. The second-order valence-electron chi connectivity index (χ2n) is 5.02. The van der Waals surface area contributed by atoms with E-state index in [0.29, 0.717) is 12.5 Å². The van der Waals surface area contributed by atoms with Crippen molar-refractivity contribution in [2.24, 2.45) is 17.6 Å². The molecule has 0 aromatic heterocycles. The van der Waals surface area contributed by atoms with Crippen LogP contribution in [0.3, 0.4) is 0 Å². The predicted octanol–water partition coefficient (Wildman–Crippen LogP) is 0.657. The Morgan fingerprint density at radius 2 is 2.00 bits per heavy atom. The molecule has 4 nitrogen and oxygen atoms in total. The molecule has 1 atom stereocenters. The molecule has 2 fully saturated rings. The Hall–Kier alpha value is -0.610. The molecule has 0 aromatic carbocycles. The van der Waals surface area contributed by atoms with Crippen LogP contribution in [0, 0.1) is 11.8 Å². The van der Waals surface area contributed by atoms with Crippen LogP contribution in [0.5, 0.6) is 0 Å². The van der Waals surface area contributed by atoms with Gasteiger partial charge in [0.2, 0.25) is 5.91 Å². The van der Waals surface area contributed by atoms with Gasteiger partial charge in [0, 0.05) is 12.5 Å². The summed E-state index contributed by atoms with van der Waals surface area (Å²) in [5, 5.41) is 3.09. The van der Waals surface area contributed by atoms with E-state index in [4.69, 9.17) is 10.5 Å². The molecule has 2 rings (SSSR count). The van der Waals surface area contributed by atoms with E-state index in [0.717, 1.165) is 45.3 Å². The van der Waals surface area contributed by atoms with Crippen molar-refractivity contribution in [3.8, 4) is 0 Å².